The summed E-state index contributed by atoms with van der Waals surface area (Å²) < 4.78 is 69.3. The summed E-state index contributed by atoms with van der Waals surface area (Å²) in [7, 11) is -4.17. The van der Waals surface area contributed by atoms with E-state index in [9.17, 15) is 21.6 Å². The Hall–Kier alpha value is -0.950. The Balaban J connectivity index is 0.00000420. The number of nitrogens with two attached hydrogens (primary N) is 2. The molecule has 0 amide bonds. The fourth-order valence-corrected chi connectivity index (χ4v) is 4.63. The first kappa shape index (κ1) is 29.1. The van der Waals surface area contributed by atoms with Crippen LogP contribution in [0, 0.1) is 11.8 Å². The Kier molecular flexibility index (Phi) is 11.8. The van der Waals surface area contributed by atoms with Gasteiger partial charge in [-0.25, -0.2) is 13.1 Å². The highest BCUT2D eigenvalue weighted by molar-refractivity contribution is 9.10. The minimum absolute atomic E-state index is 0. The van der Waals surface area contributed by atoms with E-state index in [0.29, 0.717) is 12.5 Å². The van der Waals surface area contributed by atoms with Gasteiger partial charge in [0.25, 0.3) is 0 Å². The number of sulfonamides is 1. The van der Waals surface area contributed by atoms with Gasteiger partial charge in [0.2, 0.25) is 10.0 Å². The number of guanidine groups is 1. The Morgan fingerprint density at radius 3 is 2.27 bits per heavy atom. The zero-order valence-corrected chi connectivity index (χ0v) is 19.7. The van der Waals surface area contributed by atoms with Gasteiger partial charge in [-0.15, -0.1) is 38.0 Å². The van der Waals surface area contributed by atoms with Crippen LogP contribution in [-0.4, -0.2) is 33.8 Å². The van der Waals surface area contributed by atoms with E-state index in [1.54, 1.807) is 0 Å². The molecule has 0 atom stereocenters. The number of halogens is 6. The summed E-state index contributed by atoms with van der Waals surface area (Å²) in [6.45, 7) is 0.677. The van der Waals surface area contributed by atoms with Gasteiger partial charge in [-0.1, -0.05) is 15.9 Å². The van der Waals surface area contributed by atoms with Crippen LogP contribution in [0.15, 0.2) is 32.6 Å². The molecule has 30 heavy (non-hydrogen) atoms. The zero-order chi connectivity index (χ0) is 20.9. The molecule has 1 fully saturated rings. The highest BCUT2D eigenvalue weighted by atomic mass is 79.9. The number of nitrogens with zero attached hydrogens (tertiary/aromatic N) is 1. The van der Waals surface area contributed by atoms with Crippen molar-refractivity contribution in [2.24, 2.45) is 28.3 Å². The lowest BCUT2D eigenvalue weighted by Crippen LogP contribution is -2.32. The van der Waals surface area contributed by atoms with E-state index in [4.69, 9.17) is 11.5 Å². The summed E-state index contributed by atoms with van der Waals surface area (Å²) in [5, 5.41) is 0. The lowest BCUT2D eigenvalue weighted by atomic mass is 9.82. The van der Waals surface area contributed by atoms with E-state index < -0.39 is 27.0 Å². The van der Waals surface area contributed by atoms with Crippen molar-refractivity contribution < 1.29 is 26.3 Å². The number of hydrogen-bond acceptors (Lipinski definition) is 4. The van der Waals surface area contributed by atoms with Crippen LogP contribution in [0.3, 0.4) is 0 Å². The molecular weight excluding hydrogens is 536 g/mol. The normalized spacial score (nSPS) is 19.2. The Morgan fingerprint density at radius 1 is 1.17 bits per heavy atom. The fraction of sp³-hybridized carbons (Fsp3) is 0.562. The van der Waals surface area contributed by atoms with Gasteiger partial charge in [-0.3, -0.25) is 4.99 Å². The lowest BCUT2D eigenvalue weighted by molar-refractivity contribution is -0.275. The molecule has 0 bridgehead atoms. The molecule has 1 aromatic rings. The number of ether oxygens (including phenoxy) is 1. The second-order valence-electron chi connectivity index (χ2n) is 6.64. The standard InChI is InChI=1S/C16H22BrF3N4O3S.2ClH/c17-12-5-6-14(13(7-12)27-16(18,19)20)28(25,26)24-9-11-3-1-10(2-4-11)8-23-15(21)22;;/h5-7,10-11,24H,1-4,8-9H2,(H4,21,22,23);2*1H. The molecule has 0 unspecified atom stereocenters. The first-order chi connectivity index (χ1) is 13.0. The number of nitrogens with one attached hydrogen (secondary N) is 1. The number of rotatable bonds is 7. The molecular formula is C16H24BrCl2F3N4O3S. The maximum absolute atomic E-state index is 12.6. The van der Waals surface area contributed by atoms with Crippen LogP contribution >= 0.6 is 40.7 Å². The van der Waals surface area contributed by atoms with Crippen molar-refractivity contribution in [3.05, 3.63) is 22.7 Å². The van der Waals surface area contributed by atoms with Crippen LogP contribution < -0.4 is 20.9 Å². The van der Waals surface area contributed by atoms with E-state index in [2.05, 4.69) is 30.4 Å². The van der Waals surface area contributed by atoms with Crippen molar-refractivity contribution in [2.45, 2.75) is 36.9 Å². The molecule has 14 heteroatoms. The average Bonchev–Trinajstić information content (AvgIpc) is 2.57. The van der Waals surface area contributed by atoms with Crippen LogP contribution in [0.2, 0.25) is 0 Å². The van der Waals surface area contributed by atoms with Gasteiger partial charge < -0.3 is 16.2 Å². The number of aliphatic imine (C=N–C) groups is 1. The molecule has 1 aromatic carbocycles. The average molecular weight is 560 g/mol. The van der Waals surface area contributed by atoms with E-state index in [-0.39, 0.29) is 47.7 Å². The highest BCUT2D eigenvalue weighted by Gasteiger charge is 2.34. The summed E-state index contributed by atoms with van der Waals surface area (Å²) in [6, 6.07) is 3.38. The summed E-state index contributed by atoms with van der Waals surface area (Å²) in [5.74, 6) is -0.308. The Morgan fingerprint density at radius 2 is 1.73 bits per heavy atom. The first-order valence-electron chi connectivity index (χ1n) is 8.56. The monoisotopic (exact) mass is 558 g/mol. The van der Waals surface area contributed by atoms with E-state index >= 15 is 0 Å². The SMILES string of the molecule is Cl.Cl.NC(N)=NCC1CCC(CNS(=O)(=O)c2ccc(Br)cc2OC(F)(F)F)CC1. The van der Waals surface area contributed by atoms with Crippen LogP contribution in [0.5, 0.6) is 5.75 Å². The number of alkyl halides is 3. The third-order valence-electron chi connectivity index (χ3n) is 4.48. The largest absolute Gasteiger partial charge is 0.573 e. The number of benzene rings is 1. The maximum Gasteiger partial charge on any atom is 0.573 e. The second kappa shape index (κ2) is 12.2. The van der Waals surface area contributed by atoms with Gasteiger partial charge in [0.1, 0.15) is 4.90 Å². The van der Waals surface area contributed by atoms with E-state index in [1.165, 1.54) is 6.07 Å². The van der Waals surface area contributed by atoms with Crippen LogP contribution in [0.1, 0.15) is 25.7 Å². The quantitative estimate of drug-likeness (QED) is 0.348. The molecule has 1 saturated carbocycles. The van der Waals surface area contributed by atoms with Crippen LogP contribution in [0.25, 0.3) is 0 Å². The molecule has 0 spiro atoms. The fourth-order valence-electron chi connectivity index (χ4n) is 3.07. The molecule has 0 aromatic heterocycles. The third kappa shape index (κ3) is 9.46. The molecule has 5 N–H and O–H groups in total. The minimum Gasteiger partial charge on any atom is -0.404 e. The molecule has 174 valence electrons. The van der Waals surface area contributed by atoms with Crippen molar-refractivity contribution in [3.63, 3.8) is 0 Å². The van der Waals surface area contributed by atoms with Crippen molar-refractivity contribution in [1.82, 2.24) is 4.72 Å². The maximum atomic E-state index is 12.6. The van der Waals surface area contributed by atoms with Gasteiger partial charge in [-0.2, -0.15) is 0 Å². The third-order valence-corrected chi connectivity index (χ3v) is 6.44. The van der Waals surface area contributed by atoms with Crippen LogP contribution in [-0.2, 0) is 10.0 Å². The Bertz CT molecular complexity index is 816. The van der Waals surface area contributed by atoms with Crippen LogP contribution in [0.4, 0.5) is 13.2 Å². The van der Waals surface area contributed by atoms with Gasteiger partial charge in [0, 0.05) is 17.6 Å². The molecule has 0 heterocycles. The van der Waals surface area contributed by atoms with Crippen molar-refractivity contribution in [3.8, 4) is 5.75 Å². The minimum atomic E-state index is -5.00. The second-order valence-corrected chi connectivity index (χ2v) is 9.29. The molecule has 1 aliphatic carbocycles. The first-order valence-corrected chi connectivity index (χ1v) is 10.8. The van der Waals surface area contributed by atoms with Crippen molar-refractivity contribution in [2.75, 3.05) is 13.1 Å². The summed E-state index contributed by atoms with van der Waals surface area (Å²) >= 11 is 3.01. The van der Waals surface area contributed by atoms with Gasteiger partial charge in [-0.05, 0) is 55.7 Å². The predicted octanol–water partition coefficient (Wildman–Crippen LogP) is 3.55. The topological polar surface area (TPSA) is 120 Å². The molecule has 2 rings (SSSR count). The van der Waals surface area contributed by atoms with Gasteiger partial charge in [0.15, 0.2) is 11.7 Å². The van der Waals surface area contributed by atoms with E-state index in [1.807, 2.05) is 0 Å². The highest BCUT2D eigenvalue weighted by Crippen LogP contribution is 2.33. The van der Waals surface area contributed by atoms with Crippen molar-refractivity contribution >= 4 is 56.7 Å². The Labute approximate surface area is 194 Å². The molecule has 7 nitrogen and oxygen atoms in total. The molecule has 0 radical (unpaired) electrons. The molecule has 0 saturated heterocycles. The molecule has 1 aliphatic rings. The summed E-state index contributed by atoms with van der Waals surface area (Å²) in [5.41, 5.74) is 10.6. The summed E-state index contributed by atoms with van der Waals surface area (Å²) in [4.78, 5) is 3.43. The zero-order valence-electron chi connectivity index (χ0n) is 15.7. The van der Waals surface area contributed by atoms with Crippen molar-refractivity contribution in [1.29, 1.82) is 0 Å². The van der Waals surface area contributed by atoms with Gasteiger partial charge in [0.05, 0.1) is 0 Å². The van der Waals surface area contributed by atoms with Gasteiger partial charge >= 0.3 is 6.36 Å². The van der Waals surface area contributed by atoms with E-state index in [0.717, 1.165) is 37.8 Å². The smallest absolute Gasteiger partial charge is 0.404 e. The summed E-state index contributed by atoms with van der Waals surface area (Å²) in [6.07, 6.45) is -1.74. The predicted molar refractivity (Wildman–Crippen MR) is 117 cm³/mol. The molecule has 0 aliphatic heterocycles. The lowest BCUT2D eigenvalue weighted by Gasteiger charge is -2.27. The number of hydrogen-bond donors (Lipinski definition) is 3.